The Balaban J connectivity index is 1.85. The molecule has 1 N–H and O–H groups in total. The number of fused-ring (bicyclic) bond motifs is 1. The van der Waals surface area contributed by atoms with Crippen molar-refractivity contribution in [2.75, 3.05) is 6.61 Å². The molecule has 0 fully saturated rings. The normalized spacial score (nSPS) is 11.1. The highest BCUT2D eigenvalue weighted by molar-refractivity contribution is 7.98. The van der Waals surface area contributed by atoms with Gasteiger partial charge in [-0.05, 0) is 29.8 Å². The molecule has 0 spiro atoms. The molecule has 2 aromatic carbocycles. The van der Waals surface area contributed by atoms with Crippen LogP contribution in [-0.2, 0) is 12.3 Å². The molecule has 3 aromatic rings. The Morgan fingerprint density at radius 2 is 1.86 bits per heavy atom. The molecule has 0 saturated heterocycles. The summed E-state index contributed by atoms with van der Waals surface area (Å²) in [5.41, 5.74) is 3.22. The van der Waals surface area contributed by atoms with Gasteiger partial charge < -0.3 is 9.67 Å². The van der Waals surface area contributed by atoms with Gasteiger partial charge in [0.2, 0.25) is 0 Å². The molecule has 0 bridgehead atoms. The van der Waals surface area contributed by atoms with Gasteiger partial charge in [0.1, 0.15) is 0 Å². The first-order valence-corrected chi connectivity index (χ1v) is 8.07. The molecule has 0 aliphatic carbocycles. The number of thioether (sulfide) groups is 1. The Labute approximate surface area is 132 Å². The average Bonchev–Trinajstić information content (AvgIpc) is 2.85. The number of halogens is 1. The topological polar surface area (TPSA) is 38.0 Å². The lowest BCUT2D eigenvalue weighted by Crippen LogP contribution is -2.03. The van der Waals surface area contributed by atoms with Gasteiger partial charge in [0.25, 0.3) is 0 Å². The first-order chi connectivity index (χ1) is 10.3. The van der Waals surface area contributed by atoms with Crippen molar-refractivity contribution in [3.05, 3.63) is 59.1 Å². The first kappa shape index (κ1) is 14.4. The second-order valence-electron chi connectivity index (χ2n) is 4.67. The van der Waals surface area contributed by atoms with E-state index in [-0.39, 0.29) is 6.61 Å². The van der Waals surface area contributed by atoms with Crippen molar-refractivity contribution < 1.29 is 5.11 Å². The zero-order chi connectivity index (χ0) is 14.7. The third kappa shape index (κ3) is 3.23. The molecule has 3 rings (SSSR count). The molecule has 0 amide bonds. The van der Waals surface area contributed by atoms with Crippen molar-refractivity contribution >= 4 is 34.4 Å². The minimum atomic E-state index is 0.106. The fourth-order valence-electron chi connectivity index (χ4n) is 2.21. The van der Waals surface area contributed by atoms with E-state index in [9.17, 15) is 5.11 Å². The van der Waals surface area contributed by atoms with Crippen LogP contribution in [0.1, 0.15) is 5.56 Å². The van der Waals surface area contributed by atoms with Gasteiger partial charge >= 0.3 is 0 Å². The number of aliphatic hydroxyl groups excluding tert-OH is 1. The third-order valence-corrected chi connectivity index (χ3v) is 4.52. The van der Waals surface area contributed by atoms with Crippen LogP contribution in [0.5, 0.6) is 0 Å². The summed E-state index contributed by atoms with van der Waals surface area (Å²) in [6.45, 7) is 0.665. The number of imidazole rings is 1. The molecule has 21 heavy (non-hydrogen) atoms. The summed E-state index contributed by atoms with van der Waals surface area (Å²) in [5, 5.41) is 10.9. The van der Waals surface area contributed by atoms with Crippen molar-refractivity contribution in [2.24, 2.45) is 0 Å². The minimum Gasteiger partial charge on any atom is -0.395 e. The van der Waals surface area contributed by atoms with Crippen LogP contribution >= 0.6 is 23.4 Å². The van der Waals surface area contributed by atoms with Crippen LogP contribution in [-0.4, -0.2) is 21.3 Å². The van der Waals surface area contributed by atoms with Gasteiger partial charge in [-0.1, -0.05) is 47.6 Å². The number of hydrogen-bond donors (Lipinski definition) is 1. The number of aromatic nitrogens is 2. The smallest absolute Gasteiger partial charge is 0.169 e. The van der Waals surface area contributed by atoms with E-state index < -0.39 is 0 Å². The highest BCUT2D eigenvalue weighted by atomic mass is 35.5. The Bertz CT molecular complexity index is 740. The fraction of sp³-hybridized carbons (Fsp3) is 0.188. The summed E-state index contributed by atoms with van der Waals surface area (Å²) in [6, 6.07) is 15.8. The Hall–Kier alpha value is -1.49. The maximum absolute atomic E-state index is 9.27. The molecule has 0 unspecified atom stereocenters. The summed E-state index contributed by atoms with van der Waals surface area (Å²) in [4.78, 5) is 4.65. The zero-order valence-electron chi connectivity index (χ0n) is 11.4. The van der Waals surface area contributed by atoms with Gasteiger partial charge in [-0.15, -0.1) is 0 Å². The minimum absolute atomic E-state index is 0.106. The predicted octanol–water partition coefficient (Wildman–Crippen LogP) is 3.97. The molecule has 108 valence electrons. The van der Waals surface area contributed by atoms with Crippen LogP contribution in [0.4, 0.5) is 0 Å². The van der Waals surface area contributed by atoms with E-state index >= 15 is 0 Å². The number of benzene rings is 2. The van der Waals surface area contributed by atoms with Gasteiger partial charge in [0.05, 0.1) is 17.6 Å². The lowest BCUT2D eigenvalue weighted by Gasteiger charge is -2.07. The average molecular weight is 319 g/mol. The molecule has 0 atom stereocenters. The van der Waals surface area contributed by atoms with E-state index in [1.807, 2.05) is 48.5 Å². The van der Waals surface area contributed by atoms with Gasteiger partial charge in [-0.2, -0.15) is 0 Å². The van der Waals surface area contributed by atoms with E-state index in [0.717, 1.165) is 27.0 Å². The zero-order valence-corrected chi connectivity index (χ0v) is 12.9. The molecule has 3 nitrogen and oxygen atoms in total. The molecule has 1 aromatic heterocycles. The summed E-state index contributed by atoms with van der Waals surface area (Å²) in [6.07, 6.45) is 0. The molecule has 1 heterocycles. The van der Waals surface area contributed by atoms with Crippen molar-refractivity contribution in [2.45, 2.75) is 17.5 Å². The monoisotopic (exact) mass is 318 g/mol. The number of para-hydroxylation sites is 2. The number of rotatable bonds is 5. The summed E-state index contributed by atoms with van der Waals surface area (Å²) in [5.74, 6) is 0.825. The summed E-state index contributed by atoms with van der Waals surface area (Å²) < 4.78 is 2.07. The molecule has 0 radical (unpaired) electrons. The molecule has 5 heteroatoms. The van der Waals surface area contributed by atoms with Gasteiger partial charge in [0, 0.05) is 17.3 Å². The van der Waals surface area contributed by atoms with Gasteiger partial charge in [0.15, 0.2) is 5.16 Å². The standard InChI is InChI=1S/C16H15ClN2OS/c17-13-7-5-12(6-8-13)11-21-16-18-14-3-1-2-4-15(14)19(16)9-10-20/h1-8,20H,9-11H2. The van der Waals surface area contributed by atoms with Crippen LogP contribution < -0.4 is 0 Å². The Kier molecular flexibility index (Phi) is 4.48. The SMILES string of the molecule is OCCn1c(SCc2ccc(Cl)cc2)nc2ccccc21. The van der Waals surface area contributed by atoms with Crippen molar-refractivity contribution in [3.63, 3.8) is 0 Å². The quantitative estimate of drug-likeness (QED) is 0.723. The lowest BCUT2D eigenvalue weighted by molar-refractivity contribution is 0.273. The van der Waals surface area contributed by atoms with Gasteiger partial charge in [-0.3, -0.25) is 0 Å². The van der Waals surface area contributed by atoms with E-state index in [4.69, 9.17) is 11.6 Å². The van der Waals surface area contributed by atoms with Crippen LogP contribution in [0.25, 0.3) is 11.0 Å². The highest BCUT2D eigenvalue weighted by Gasteiger charge is 2.10. The van der Waals surface area contributed by atoms with Gasteiger partial charge in [-0.25, -0.2) is 4.98 Å². The number of aliphatic hydroxyl groups is 1. The highest BCUT2D eigenvalue weighted by Crippen LogP contribution is 2.27. The van der Waals surface area contributed by atoms with Crippen LogP contribution in [0.2, 0.25) is 5.02 Å². The van der Waals surface area contributed by atoms with E-state index in [2.05, 4.69) is 9.55 Å². The summed E-state index contributed by atoms with van der Waals surface area (Å²) >= 11 is 7.57. The Morgan fingerprint density at radius 1 is 1.10 bits per heavy atom. The van der Waals surface area contributed by atoms with E-state index in [1.165, 1.54) is 5.56 Å². The fourth-order valence-corrected chi connectivity index (χ4v) is 3.33. The maximum atomic E-state index is 9.27. The number of nitrogens with zero attached hydrogens (tertiary/aromatic N) is 2. The van der Waals surface area contributed by atoms with E-state index in [0.29, 0.717) is 6.54 Å². The molecular formula is C16H15ClN2OS. The second-order valence-corrected chi connectivity index (χ2v) is 6.05. The predicted molar refractivity (Wildman–Crippen MR) is 87.8 cm³/mol. The van der Waals surface area contributed by atoms with Crippen molar-refractivity contribution in [3.8, 4) is 0 Å². The van der Waals surface area contributed by atoms with Crippen molar-refractivity contribution in [1.82, 2.24) is 9.55 Å². The molecule has 0 aliphatic rings. The van der Waals surface area contributed by atoms with E-state index in [1.54, 1.807) is 11.8 Å². The lowest BCUT2D eigenvalue weighted by atomic mass is 10.2. The number of hydrogen-bond acceptors (Lipinski definition) is 3. The summed E-state index contributed by atoms with van der Waals surface area (Å²) in [7, 11) is 0. The van der Waals surface area contributed by atoms with Crippen LogP contribution in [0.15, 0.2) is 53.7 Å². The van der Waals surface area contributed by atoms with Crippen LogP contribution in [0, 0.1) is 0 Å². The molecule has 0 aliphatic heterocycles. The second kappa shape index (κ2) is 6.52. The molecular weight excluding hydrogens is 304 g/mol. The Morgan fingerprint density at radius 3 is 2.62 bits per heavy atom. The van der Waals surface area contributed by atoms with Crippen molar-refractivity contribution in [1.29, 1.82) is 0 Å². The first-order valence-electron chi connectivity index (χ1n) is 6.71. The largest absolute Gasteiger partial charge is 0.395 e. The molecule has 0 saturated carbocycles. The van der Waals surface area contributed by atoms with Crippen LogP contribution in [0.3, 0.4) is 0 Å². The third-order valence-electron chi connectivity index (χ3n) is 3.22. The maximum Gasteiger partial charge on any atom is 0.169 e.